The van der Waals surface area contributed by atoms with Gasteiger partial charge in [0.25, 0.3) is 5.91 Å². The molecule has 134 valence electrons. The van der Waals surface area contributed by atoms with E-state index in [1.807, 2.05) is 14.1 Å². The number of benzene rings is 1. The Bertz CT molecular complexity index is 689. The van der Waals surface area contributed by atoms with Crippen LogP contribution in [0.4, 0.5) is 0 Å². The molecular weight excluding hydrogens is 350 g/mol. The Labute approximate surface area is 148 Å². The summed E-state index contributed by atoms with van der Waals surface area (Å²) < 4.78 is 25.3. The molecule has 0 aliphatic carbocycles. The predicted molar refractivity (Wildman–Crippen MR) is 96.2 cm³/mol. The van der Waals surface area contributed by atoms with E-state index >= 15 is 0 Å². The van der Waals surface area contributed by atoms with Crippen molar-refractivity contribution >= 4 is 33.3 Å². The fourth-order valence-corrected chi connectivity index (χ4v) is 2.77. The molecule has 1 aromatic rings. The van der Waals surface area contributed by atoms with E-state index in [0.29, 0.717) is 11.7 Å². The summed E-state index contributed by atoms with van der Waals surface area (Å²) in [7, 11) is 3.32. The van der Waals surface area contributed by atoms with Crippen molar-refractivity contribution in [3.63, 3.8) is 0 Å². The number of carbonyl (C=O) groups excluding carboxylic acids is 1. The van der Waals surface area contributed by atoms with E-state index in [4.69, 9.17) is 12.2 Å². The van der Waals surface area contributed by atoms with E-state index in [1.165, 1.54) is 43.3 Å². The van der Waals surface area contributed by atoms with Crippen LogP contribution in [-0.2, 0) is 10.0 Å². The van der Waals surface area contributed by atoms with Gasteiger partial charge in [-0.25, -0.2) is 12.7 Å². The zero-order chi connectivity index (χ0) is 18.3. The molecule has 0 aliphatic rings. The molecule has 4 N–H and O–H groups in total. The van der Waals surface area contributed by atoms with Crippen LogP contribution in [0, 0.1) is 0 Å². The van der Waals surface area contributed by atoms with E-state index in [1.54, 1.807) is 0 Å². The predicted octanol–water partition coefficient (Wildman–Crippen LogP) is -1.81. The maximum atomic E-state index is 12.1. The quantitative estimate of drug-likeness (QED) is 0.346. The van der Waals surface area contributed by atoms with Crippen LogP contribution in [-0.4, -0.2) is 65.0 Å². The van der Waals surface area contributed by atoms with Gasteiger partial charge >= 0.3 is 0 Å². The number of hydrogen-bond acceptors (Lipinski definition) is 4. The number of nitrogens with one attached hydrogen (secondary N) is 4. The van der Waals surface area contributed by atoms with E-state index in [9.17, 15) is 13.2 Å². The van der Waals surface area contributed by atoms with E-state index < -0.39 is 15.9 Å². The SMILES string of the molecule is CN(C)S(=O)(=O)c1cccc(C(=O)NNC(=S)NCC[NH+](C)C)c1. The molecule has 0 unspecified atom stereocenters. The van der Waals surface area contributed by atoms with Crippen LogP contribution in [0.15, 0.2) is 29.2 Å². The summed E-state index contributed by atoms with van der Waals surface area (Å²) in [6.07, 6.45) is 0. The molecule has 1 aromatic carbocycles. The van der Waals surface area contributed by atoms with Gasteiger partial charge in [-0.15, -0.1) is 0 Å². The summed E-state index contributed by atoms with van der Waals surface area (Å²) in [5.41, 5.74) is 5.24. The molecule has 0 bridgehead atoms. The molecule has 0 aliphatic heterocycles. The summed E-state index contributed by atoms with van der Waals surface area (Å²) in [6, 6.07) is 5.80. The smallest absolute Gasteiger partial charge is 0.269 e. The highest BCUT2D eigenvalue weighted by Crippen LogP contribution is 2.14. The first-order valence-electron chi connectivity index (χ1n) is 7.30. The Morgan fingerprint density at radius 3 is 2.50 bits per heavy atom. The van der Waals surface area contributed by atoms with Gasteiger partial charge in [-0.1, -0.05) is 6.07 Å². The molecule has 1 rings (SSSR count). The fourth-order valence-electron chi connectivity index (χ4n) is 1.66. The molecule has 0 atom stereocenters. The van der Waals surface area contributed by atoms with Crippen LogP contribution < -0.4 is 21.1 Å². The monoisotopic (exact) mass is 374 g/mol. The summed E-state index contributed by atoms with van der Waals surface area (Å²) in [4.78, 5) is 13.4. The Morgan fingerprint density at radius 1 is 1.25 bits per heavy atom. The molecule has 0 saturated heterocycles. The maximum Gasteiger partial charge on any atom is 0.269 e. The van der Waals surface area contributed by atoms with Gasteiger partial charge in [0.15, 0.2) is 5.11 Å². The van der Waals surface area contributed by atoms with Crippen molar-refractivity contribution in [2.24, 2.45) is 0 Å². The summed E-state index contributed by atoms with van der Waals surface area (Å²) in [5.74, 6) is -0.479. The summed E-state index contributed by atoms with van der Waals surface area (Å²) >= 11 is 5.04. The lowest BCUT2D eigenvalue weighted by atomic mass is 10.2. The lowest BCUT2D eigenvalue weighted by Gasteiger charge is -2.14. The van der Waals surface area contributed by atoms with E-state index in [2.05, 4.69) is 16.2 Å². The molecule has 1 amide bonds. The third-order valence-corrected chi connectivity index (χ3v) is 5.13. The van der Waals surface area contributed by atoms with E-state index in [-0.39, 0.29) is 10.5 Å². The number of carbonyl (C=O) groups is 1. The third-order valence-electron chi connectivity index (χ3n) is 3.07. The second kappa shape index (κ2) is 8.92. The first-order valence-corrected chi connectivity index (χ1v) is 9.15. The molecule has 0 aromatic heterocycles. The first-order chi connectivity index (χ1) is 11.1. The summed E-state index contributed by atoms with van der Waals surface area (Å²) in [5, 5.41) is 3.25. The number of thiocarbonyl (C=S) groups is 1. The number of likely N-dealkylation sites (N-methyl/N-ethyl adjacent to an activating group) is 1. The van der Waals surface area contributed by atoms with Gasteiger partial charge in [0, 0.05) is 19.7 Å². The molecule has 8 nitrogen and oxygen atoms in total. The Hall–Kier alpha value is -1.75. The van der Waals surface area contributed by atoms with Crippen LogP contribution in [0.2, 0.25) is 0 Å². The van der Waals surface area contributed by atoms with Crippen molar-refractivity contribution in [2.75, 3.05) is 41.3 Å². The number of hydrazine groups is 1. The fraction of sp³-hybridized carbons (Fsp3) is 0.429. The van der Waals surface area contributed by atoms with Crippen molar-refractivity contribution in [3.8, 4) is 0 Å². The number of hydrogen-bond donors (Lipinski definition) is 4. The third kappa shape index (κ3) is 6.04. The van der Waals surface area contributed by atoms with Crippen molar-refractivity contribution in [3.05, 3.63) is 29.8 Å². The minimum atomic E-state index is -3.59. The Morgan fingerprint density at radius 2 is 1.92 bits per heavy atom. The largest absolute Gasteiger partial charge is 0.356 e. The van der Waals surface area contributed by atoms with Gasteiger partial charge in [-0.2, -0.15) is 0 Å². The topological polar surface area (TPSA) is 95.0 Å². The first kappa shape index (κ1) is 20.3. The molecule has 0 fully saturated rings. The molecule has 0 heterocycles. The van der Waals surface area contributed by atoms with Crippen LogP contribution in [0.3, 0.4) is 0 Å². The number of quaternary nitrogens is 1. The average molecular weight is 375 g/mol. The van der Waals surface area contributed by atoms with Gasteiger partial charge in [0.1, 0.15) is 0 Å². The standard InChI is InChI=1S/C14H23N5O3S2/c1-18(2)9-8-15-14(23)17-16-13(20)11-6-5-7-12(10-11)24(21,22)19(3)4/h5-7,10H,8-9H2,1-4H3,(H,16,20)(H2,15,17,23)/p+1. The maximum absolute atomic E-state index is 12.1. The average Bonchev–Trinajstić information content (AvgIpc) is 2.52. The van der Waals surface area contributed by atoms with Gasteiger partial charge in [0.05, 0.1) is 32.1 Å². The highest BCUT2D eigenvalue weighted by atomic mass is 32.2. The Kier molecular flexibility index (Phi) is 7.55. The molecule has 0 saturated carbocycles. The van der Waals surface area contributed by atoms with Crippen LogP contribution in [0.25, 0.3) is 0 Å². The van der Waals surface area contributed by atoms with Crippen LogP contribution in [0.5, 0.6) is 0 Å². The molecular formula is C14H24N5O3S2+. The molecule has 0 radical (unpaired) electrons. The number of sulfonamides is 1. The van der Waals surface area contributed by atoms with Gasteiger partial charge < -0.3 is 10.2 Å². The second-order valence-corrected chi connectivity index (χ2v) is 8.17. The van der Waals surface area contributed by atoms with E-state index in [0.717, 1.165) is 10.8 Å². The van der Waals surface area contributed by atoms with Gasteiger partial charge in [-0.3, -0.25) is 15.6 Å². The van der Waals surface area contributed by atoms with Crippen molar-refractivity contribution in [1.82, 2.24) is 20.5 Å². The highest BCUT2D eigenvalue weighted by molar-refractivity contribution is 7.89. The molecule has 10 heteroatoms. The normalized spacial score (nSPS) is 11.4. The molecule has 24 heavy (non-hydrogen) atoms. The van der Waals surface area contributed by atoms with Crippen molar-refractivity contribution < 1.29 is 18.1 Å². The second-order valence-electron chi connectivity index (χ2n) is 5.61. The minimum Gasteiger partial charge on any atom is -0.356 e. The van der Waals surface area contributed by atoms with Crippen molar-refractivity contribution in [1.29, 1.82) is 0 Å². The number of nitrogens with zero attached hydrogens (tertiary/aromatic N) is 1. The minimum absolute atomic E-state index is 0.0507. The summed E-state index contributed by atoms with van der Waals surface area (Å²) in [6.45, 7) is 1.54. The molecule has 0 spiro atoms. The van der Waals surface area contributed by atoms with Gasteiger partial charge in [-0.05, 0) is 30.4 Å². The Balaban J connectivity index is 2.65. The number of amides is 1. The van der Waals surface area contributed by atoms with Crippen LogP contribution in [0.1, 0.15) is 10.4 Å². The van der Waals surface area contributed by atoms with Crippen molar-refractivity contribution in [2.45, 2.75) is 4.90 Å². The number of rotatable bonds is 6. The zero-order valence-electron chi connectivity index (χ0n) is 14.2. The van der Waals surface area contributed by atoms with Crippen LogP contribution >= 0.6 is 12.2 Å². The van der Waals surface area contributed by atoms with Gasteiger partial charge in [0.2, 0.25) is 10.0 Å². The lowest BCUT2D eigenvalue weighted by molar-refractivity contribution is -0.856. The zero-order valence-corrected chi connectivity index (χ0v) is 15.8. The highest BCUT2D eigenvalue weighted by Gasteiger charge is 2.18. The lowest BCUT2D eigenvalue weighted by Crippen LogP contribution is -3.06.